The predicted molar refractivity (Wildman–Crippen MR) is 108 cm³/mol. The molecule has 0 aliphatic carbocycles. The number of hydrogen-bond acceptors (Lipinski definition) is 5. The van der Waals surface area contributed by atoms with Crippen molar-refractivity contribution in [2.75, 3.05) is 0 Å². The molecule has 0 saturated carbocycles. The normalized spacial score (nSPS) is 11.1. The number of carboxylic acid groups (broad SMARTS) is 1. The van der Waals surface area contributed by atoms with Crippen LogP contribution in [0.3, 0.4) is 0 Å². The van der Waals surface area contributed by atoms with Gasteiger partial charge in [0, 0.05) is 38.2 Å². The molecule has 2 heterocycles. The first-order valence-corrected chi connectivity index (χ1v) is 9.05. The maximum absolute atomic E-state index is 12.9. The van der Waals surface area contributed by atoms with Crippen molar-refractivity contribution in [3.05, 3.63) is 50.7 Å². The Labute approximate surface area is 165 Å². The van der Waals surface area contributed by atoms with Crippen molar-refractivity contribution in [1.82, 2.24) is 18.7 Å². The molecule has 0 radical (unpaired) electrons. The standard InChI is InChI=1S/C19H22N6O4/c1-23-16(12-8-6-11(7-9-12)15(20)21)22-14-17(23)24(2)19(29)25(18(14)28)10-4-3-5-13(26)27/h6-9H,3-5,10H2,1-2H3,(H3,20,21)(H,26,27). The van der Waals surface area contributed by atoms with Crippen molar-refractivity contribution in [3.63, 3.8) is 0 Å². The summed E-state index contributed by atoms with van der Waals surface area (Å²) in [7, 11) is 3.29. The zero-order chi connectivity index (χ0) is 21.3. The minimum absolute atomic E-state index is 0.0126. The lowest BCUT2D eigenvalue weighted by molar-refractivity contribution is -0.137. The predicted octanol–water partition coefficient (Wildman–Crippen LogP) is 0.640. The monoisotopic (exact) mass is 398 g/mol. The summed E-state index contributed by atoms with van der Waals surface area (Å²) in [5, 5.41) is 16.2. The van der Waals surface area contributed by atoms with E-state index in [2.05, 4.69) is 4.98 Å². The summed E-state index contributed by atoms with van der Waals surface area (Å²) in [5.74, 6) is -0.452. The molecule has 10 nitrogen and oxygen atoms in total. The minimum atomic E-state index is -0.911. The molecule has 3 aromatic rings. The van der Waals surface area contributed by atoms with Gasteiger partial charge in [0.15, 0.2) is 5.52 Å². The fraction of sp³-hybridized carbons (Fsp3) is 0.316. The number of fused-ring (bicyclic) bond motifs is 1. The van der Waals surface area contributed by atoms with Crippen LogP contribution in [0.25, 0.3) is 22.6 Å². The third-order valence-electron chi connectivity index (χ3n) is 4.82. The lowest BCUT2D eigenvalue weighted by atomic mass is 10.1. The van der Waals surface area contributed by atoms with E-state index in [-0.39, 0.29) is 24.3 Å². The highest BCUT2D eigenvalue weighted by atomic mass is 16.4. The third-order valence-corrected chi connectivity index (χ3v) is 4.82. The molecular weight excluding hydrogens is 376 g/mol. The van der Waals surface area contributed by atoms with Crippen LogP contribution in [0.15, 0.2) is 33.9 Å². The van der Waals surface area contributed by atoms with Crippen LogP contribution in [0.2, 0.25) is 0 Å². The van der Waals surface area contributed by atoms with Gasteiger partial charge in [0.25, 0.3) is 5.56 Å². The Morgan fingerprint density at radius 3 is 2.38 bits per heavy atom. The van der Waals surface area contributed by atoms with Gasteiger partial charge in [-0.2, -0.15) is 0 Å². The van der Waals surface area contributed by atoms with Crippen LogP contribution in [-0.4, -0.2) is 35.6 Å². The maximum atomic E-state index is 12.9. The summed E-state index contributed by atoms with van der Waals surface area (Å²) >= 11 is 0. The average Bonchev–Trinajstić information content (AvgIpc) is 3.03. The molecule has 10 heteroatoms. The lowest BCUT2D eigenvalue weighted by Gasteiger charge is -2.09. The first-order valence-electron chi connectivity index (χ1n) is 9.05. The Balaban J connectivity index is 2.07. The van der Waals surface area contributed by atoms with E-state index >= 15 is 0 Å². The quantitative estimate of drug-likeness (QED) is 0.302. The molecule has 0 bridgehead atoms. The molecule has 0 aliphatic rings. The van der Waals surface area contributed by atoms with Crippen LogP contribution in [0.5, 0.6) is 0 Å². The van der Waals surface area contributed by atoms with Crippen LogP contribution in [0.1, 0.15) is 24.8 Å². The topological polar surface area (TPSA) is 149 Å². The van der Waals surface area contributed by atoms with E-state index in [0.29, 0.717) is 35.4 Å². The van der Waals surface area contributed by atoms with Crippen LogP contribution in [0, 0.1) is 5.41 Å². The number of carboxylic acids is 1. The number of rotatable bonds is 7. The largest absolute Gasteiger partial charge is 0.481 e. The van der Waals surface area contributed by atoms with E-state index in [1.54, 1.807) is 42.9 Å². The highest BCUT2D eigenvalue weighted by Gasteiger charge is 2.19. The summed E-state index contributed by atoms with van der Waals surface area (Å²) in [6, 6.07) is 6.88. The van der Waals surface area contributed by atoms with Crippen LogP contribution in [0.4, 0.5) is 0 Å². The molecule has 152 valence electrons. The Morgan fingerprint density at radius 2 is 1.79 bits per heavy atom. The number of benzene rings is 1. The number of amidine groups is 1. The summed E-state index contributed by atoms with van der Waals surface area (Å²) in [4.78, 5) is 40.7. The Bertz CT molecular complexity index is 1220. The molecule has 29 heavy (non-hydrogen) atoms. The van der Waals surface area contributed by atoms with Gasteiger partial charge >= 0.3 is 11.7 Å². The third kappa shape index (κ3) is 3.68. The fourth-order valence-corrected chi connectivity index (χ4v) is 3.30. The van der Waals surface area contributed by atoms with E-state index in [9.17, 15) is 14.4 Å². The summed E-state index contributed by atoms with van der Waals surface area (Å²) in [5.41, 5.74) is 6.36. The van der Waals surface area contributed by atoms with Crippen molar-refractivity contribution >= 4 is 23.0 Å². The molecule has 0 aliphatic heterocycles. The van der Waals surface area contributed by atoms with Gasteiger partial charge in [0.1, 0.15) is 17.3 Å². The molecule has 0 fully saturated rings. The number of aromatic nitrogens is 4. The molecule has 2 aromatic heterocycles. The van der Waals surface area contributed by atoms with Crippen molar-refractivity contribution in [1.29, 1.82) is 5.41 Å². The van der Waals surface area contributed by atoms with E-state index < -0.39 is 17.2 Å². The zero-order valence-electron chi connectivity index (χ0n) is 16.2. The fourth-order valence-electron chi connectivity index (χ4n) is 3.30. The number of hydrogen-bond donors (Lipinski definition) is 3. The molecule has 0 spiro atoms. The van der Waals surface area contributed by atoms with Crippen LogP contribution >= 0.6 is 0 Å². The van der Waals surface area contributed by atoms with Crippen LogP contribution < -0.4 is 17.0 Å². The molecule has 0 saturated heterocycles. The first-order chi connectivity index (χ1) is 13.7. The number of imidazole rings is 1. The van der Waals surface area contributed by atoms with E-state index in [1.807, 2.05) is 0 Å². The Morgan fingerprint density at radius 1 is 1.14 bits per heavy atom. The number of aliphatic carboxylic acids is 1. The lowest BCUT2D eigenvalue weighted by Crippen LogP contribution is -2.39. The highest BCUT2D eigenvalue weighted by molar-refractivity contribution is 5.95. The molecule has 0 amide bonds. The van der Waals surface area contributed by atoms with Gasteiger partial charge in [0.2, 0.25) is 0 Å². The van der Waals surface area contributed by atoms with Crippen molar-refractivity contribution < 1.29 is 9.90 Å². The van der Waals surface area contributed by atoms with E-state index in [0.717, 1.165) is 4.57 Å². The number of unbranched alkanes of at least 4 members (excludes halogenated alkanes) is 1. The second kappa shape index (κ2) is 7.74. The zero-order valence-corrected chi connectivity index (χ0v) is 16.2. The van der Waals surface area contributed by atoms with Gasteiger partial charge in [-0.25, -0.2) is 9.78 Å². The second-order valence-electron chi connectivity index (χ2n) is 6.81. The van der Waals surface area contributed by atoms with Gasteiger partial charge < -0.3 is 15.4 Å². The average molecular weight is 398 g/mol. The summed E-state index contributed by atoms with van der Waals surface area (Å²) < 4.78 is 4.14. The molecule has 3 rings (SSSR count). The molecule has 4 N–H and O–H groups in total. The van der Waals surface area contributed by atoms with E-state index in [4.69, 9.17) is 16.2 Å². The number of carbonyl (C=O) groups is 1. The minimum Gasteiger partial charge on any atom is -0.481 e. The van der Waals surface area contributed by atoms with Crippen molar-refractivity contribution in [2.24, 2.45) is 19.8 Å². The molecule has 0 atom stereocenters. The second-order valence-corrected chi connectivity index (χ2v) is 6.81. The SMILES string of the molecule is Cn1c(-c2ccc(C(=N)N)cc2)nc2c(=O)n(CCCCC(=O)O)c(=O)n(C)c21. The molecular formula is C19H22N6O4. The number of nitrogens with zero attached hydrogens (tertiary/aromatic N) is 4. The maximum Gasteiger partial charge on any atom is 0.332 e. The number of aryl methyl sites for hydroxylation is 2. The van der Waals surface area contributed by atoms with E-state index in [1.165, 1.54) is 4.57 Å². The molecule has 1 aromatic carbocycles. The smallest absolute Gasteiger partial charge is 0.332 e. The molecule has 0 unspecified atom stereocenters. The number of nitrogens with one attached hydrogen (secondary N) is 1. The van der Waals surface area contributed by atoms with Gasteiger partial charge in [-0.15, -0.1) is 0 Å². The number of nitrogens with two attached hydrogens (primary N) is 1. The van der Waals surface area contributed by atoms with Crippen LogP contribution in [-0.2, 0) is 25.4 Å². The Hall–Kier alpha value is -3.69. The summed E-state index contributed by atoms with van der Waals surface area (Å²) in [6.07, 6.45) is 0.763. The highest BCUT2D eigenvalue weighted by Crippen LogP contribution is 2.21. The van der Waals surface area contributed by atoms with Gasteiger partial charge in [0.05, 0.1) is 0 Å². The Kier molecular flexibility index (Phi) is 5.35. The van der Waals surface area contributed by atoms with Gasteiger partial charge in [-0.3, -0.25) is 24.1 Å². The van der Waals surface area contributed by atoms with Gasteiger partial charge in [-0.05, 0) is 12.8 Å². The summed E-state index contributed by atoms with van der Waals surface area (Å²) in [6.45, 7) is 0.133. The van der Waals surface area contributed by atoms with Gasteiger partial charge in [-0.1, -0.05) is 24.3 Å². The van der Waals surface area contributed by atoms with Crippen molar-refractivity contribution in [3.8, 4) is 11.4 Å². The number of nitrogen functional groups attached to an aromatic ring is 1. The first kappa shape index (κ1) is 20.1. The van der Waals surface area contributed by atoms with Crippen molar-refractivity contribution in [2.45, 2.75) is 25.8 Å².